The number of rotatable bonds is 3. The van der Waals surface area contributed by atoms with Crippen LogP contribution in [0.2, 0.25) is 0 Å². The van der Waals surface area contributed by atoms with Crippen LogP contribution in [-0.2, 0) is 4.74 Å². The first-order valence-corrected chi connectivity index (χ1v) is 8.49. The number of ether oxygens (including phenoxy) is 1. The molecule has 0 saturated carbocycles. The molecule has 12 heteroatoms. The molecule has 3 fully saturated rings. The fourth-order valence-electron chi connectivity index (χ4n) is 4.05. The average molecular weight is 394 g/mol. The normalized spacial score (nSPS) is 32.7. The van der Waals surface area contributed by atoms with Gasteiger partial charge in [0.05, 0.1) is 30.8 Å². The van der Waals surface area contributed by atoms with Gasteiger partial charge in [0.25, 0.3) is 0 Å². The summed E-state index contributed by atoms with van der Waals surface area (Å²) < 4.78 is 18.3. The summed E-state index contributed by atoms with van der Waals surface area (Å²) in [6.45, 7) is -0.705. The summed E-state index contributed by atoms with van der Waals surface area (Å²) >= 11 is 0. The van der Waals surface area contributed by atoms with E-state index < -0.39 is 48.0 Å². The van der Waals surface area contributed by atoms with E-state index in [1.807, 2.05) is 0 Å². The highest BCUT2D eigenvalue weighted by atomic mass is 19.1. The summed E-state index contributed by atoms with van der Waals surface area (Å²) in [5.74, 6) is -4.62. The Bertz CT molecular complexity index is 848. The zero-order valence-corrected chi connectivity index (χ0v) is 14.4. The van der Waals surface area contributed by atoms with Gasteiger partial charge in [-0.25, -0.2) is 9.18 Å². The zero-order valence-electron chi connectivity index (χ0n) is 14.4. The molecule has 1 spiro atoms. The molecule has 11 nitrogen and oxygen atoms in total. The summed E-state index contributed by atoms with van der Waals surface area (Å²) in [6.07, 6.45) is -1.49. The molecule has 4 atom stereocenters. The van der Waals surface area contributed by atoms with E-state index in [-0.39, 0.29) is 24.0 Å². The molecule has 150 valence electrons. The highest BCUT2D eigenvalue weighted by molar-refractivity contribution is 5.90. The Kier molecular flexibility index (Phi) is 3.96. The summed E-state index contributed by atoms with van der Waals surface area (Å²) in [6, 6.07) is 2.84. The highest BCUT2D eigenvalue weighted by Gasteiger charge is 2.75. The van der Waals surface area contributed by atoms with Crippen molar-refractivity contribution in [2.24, 2.45) is 0 Å². The van der Waals surface area contributed by atoms with Gasteiger partial charge in [-0.15, -0.1) is 0 Å². The van der Waals surface area contributed by atoms with Crippen LogP contribution in [0.5, 0.6) is 0 Å². The molecule has 0 aromatic heterocycles. The number of hydrogen-bond acceptors (Lipinski definition) is 7. The van der Waals surface area contributed by atoms with Crippen LogP contribution in [0.15, 0.2) is 24.3 Å². The van der Waals surface area contributed by atoms with Crippen molar-refractivity contribution in [2.45, 2.75) is 29.6 Å². The topological polar surface area (TPSA) is 174 Å². The van der Waals surface area contributed by atoms with Gasteiger partial charge in [-0.1, -0.05) is 0 Å². The van der Waals surface area contributed by atoms with Gasteiger partial charge in [-0.3, -0.25) is 10.8 Å². The lowest BCUT2D eigenvalue weighted by Gasteiger charge is -2.50. The molecule has 0 amide bonds. The first-order chi connectivity index (χ1) is 13.2. The number of nitrogens with zero attached hydrogens (tertiary/aromatic N) is 1. The Labute approximate surface area is 158 Å². The Morgan fingerprint density at radius 3 is 2.61 bits per heavy atom. The third-order valence-corrected chi connectivity index (χ3v) is 5.37. The van der Waals surface area contributed by atoms with Crippen LogP contribution in [0.1, 0.15) is 10.4 Å². The van der Waals surface area contributed by atoms with Crippen LogP contribution >= 0.6 is 0 Å². The van der Waals surface area contributed by atoms with Crippen molar-refractivity contribution in [2.75, 3.05) is 13.2 Å². The Balaban J connectivity index is 1.67. The number of hydrogen-bond donors (Lipinski definition) is 8. The number of benzene rings is 1. The number of nitrogens with one attached hydrogen (secondary N) is 5. The summed E-state index contributed by atoms with van der Waals surface area (Å²) in [5.41, 5.74) is -1.80. The van der Waals surface area contributed by atoms with Gasteiger partial charge in [0.15, 0.2) is 23.7 Å². The first-order valence-electron chi connectivity index (χ1n) is 8.49. The summed E-state index contributed by atoms with van der Waals surface area (Å²) in [7, 11) is 0. The van der Waals surface area contributed by atoms with Crippen molar-refractivity contribution in [3.05, 3.63) is 35.6 Å². The minimum absolute atomic E-state index is 0.0165. The maximum atomic E-state index is 13.1. The molecule has 4 rings (SSSR count). The molecule has 2 unspecified atom stereocenters. The maximum Gasteiger partial charge on any atom is 0.338 e. The van der Waals surface area contributed by atoms with E-state index in [1.165, 1.54) is 17.0 Å². The largest absolute Gasteiger partial charge is 0.451 e. The number of aliphatic hydroxyl groups excluding tert-OH is 1. The second-order valence-corrected chi connectivity index (χ2v) is 6.91. The molecular formula is C16H19FN6O5. The van der Waals surface area contributed by atoms with E-state index in [0.29, 0.717) is 0 Å². The van der Waals surface area contributed by atoms with Gasteiger partial charge in [0, 0.05) is 0 Å². The van der Waals surface area contributed by atoms with Gasteiger partial charge in [-0.05, 0) is 24.3 Å². The smallest absolute Gasteiger partial charge is 0.338 e. The molecule has 0 aliphatic carbocycles. The molecule has 0 radical (unpaired) electrons. The van der Waals surface area contributed by atoms with Gasteiger partial charge < -0.3 is 40.9 Å². The van der Waals surface area contributed by atoms with E-state index in [1.54, 1.807) is 0 Å². The number of aliphatic hydroxyl groups is 3. The van der Waals surface area contributed by atoms with E-state index in [4.69, 9.17) is 15.6 Å². The molecule has 3 heterocycles. The summed E-state index contributed by atoms with van der Waals surface area (Å²) in [5, 5.41) is 55.7. The third-order valence-electron chi connectivity index (χ3n) is 5.37. The minimum atomic E-state index is -2.72. The zero-order chi connectivity index (χ0) is 20.3. The number of halogens is 1. The summed E-state index contributed by atoms with van der Waals surface area (Å²) in [4.78, 5) is 13.6. The predicted molar refractivity (Wildman–Crippen MR) is 91.7 cm³/mol. The van der Waals surface area contributed by atoms with E-state index in [9.17, 15) is 24.5 Å². The molecule has 1 aromatic rings. The predicted octanol–water partition coefficient (Wildman–Crippen LogP) is -2.56. The molecular weight excluding hydrogens is 375 g/mol. The molecule has 3 aliphatic heterocycles. The van der Waals surface area contributed by atoms with E-state index in [2.05, 4.69) is 16.0 Å². The van der Waals surface area contributed by atoms with Crippen LogP contribution in [-0.4, -0.2) is 80.9 Å². The number of guanidine groups is 2. The third kappa shape index (κ3) is 2.35. The van der Waals surface area contributed by atoms with E-state index >= 15 is 0 Å². The molecule has 28 heavy (non-hydrogen) atoms. The molecule has 0 bridgehead atoms. The molecule has 3 saturated heterocycles. The minimum Gasteiger partial charge on any atom is -0.451 e. The van der Waals surface area contributed by atoms with Crippen LogP contribution in [0.3, 0.4) is 0 Å². The Morgan fingerprint density at radius 2 is 1.96 bits per heavy atom. The number of carbonyl (C=O) groups excluding carboxylic acids is 1. The fraction of sp³-hybridized carbons (Fsp3) is 0.438. The second-order valence-electron chi connectivity index (χ2n) is 6.91. The van der Waals surface area contributed by atoms with Crippen molar-refractivity contribution in [1.82, 2.24) is 20.9 Å². The van der Waals surface area contributed by atoms with Crippen molar-refractivity contribution >= 4 is 17.9 Å². The van der Waals surface area contributed by atoms with E-state index in [0.717, 1.165) is 12.1 Å². The maximum absolute atomic E-state index is 13.1. The molecule has 1 aromatic carbocycles. The highest BCUT2D eigenvalue weighted by Crippen LogP contribution is 2.44. The van der Waals surface area contributed by atoms with Crippen LogP contribution in [0.4, 0.5) is 4.39 Å². The monoisotopic (exact) mass is 394 g/mol. The molecule has 8 N–H and O–H groups in total. The quantitative estimate of drug-likeness (QED) is 0.203. The Morgan fingerprint density at radius 1 is 1.29 bits per heavy atom. The van der Waals surface area contributed by atoms with Crippen LogP contribution in [0.25, 0.3) is 0 Å². The number of esters is 1. The van der Waals surface area contributed by atoms with Gasteiger partial charge in [-0.2, -0.15) is 0 Å². The second kappa shape index (κ2) is 6.02. The number of carbonyl (C=O) groups is 1. The van der Waals surface area contributed by atoms with Crippen molar-refractivity contribution in [1.29, 1.82) is 10.8 Å². The first kappa shape index (κ1) is 18.4. The standard InChI is InChI=1S/C16H19FN6O5/c17-8-3-1-7(2-4-8)12(25)28-10-5-23-14(19)20-9(6-24)11-15(23,16(10,26)27)22-13(18)21-11/h1-4,9-11,24,26-27H,5-6H2,(H2,19,20)(H3,18,21,22)/t9-,10-,11?,15?/m0/s1. The lowest BCUT2D eigenvalue weighted by molar-refractivity contribution is -0.258. The van der Waals surface area contributed by atoms with Crippen molar-refractivity contribution in [3.63, 3.8) is 0 Å². The Hall–Kier alpha value is -2.96. The van der Waals surface area contributed by atoms with Crippen molar-refractivity contribution < 1.29 is 29.2 Å². The van der Waals surface area contributed by atoms with Crippen LogP contribution < -0.4 is 16.0 Å². The SMILES string of the molecule is N=C1NC2[C@H](CO)NC(=N)N3C[C@H](OC(=O)c4ccc(F)cc4)C(O)(O)C23N1. The molecule has 3 aliphatic rings. The van der Waals surface area contributed by atoms with Crippen molar-refractivity contribution in [3.8, 4) is 0 Å². The average Bonchev–Trinajstić information content (AvgIpc) is 3.11. The lowest BCUT2D eigenvalue weighted by Crippen LogP contribution is -2.80. The van der Waals surface area contributed by atoms with Gasteiger partial charge >= 0.3 is 5.97 Å². The fourth-order valence-corrected chi connectivity index (χ4v) is 4.05. The van der Waals surface area contributed by atoms with Gasteiger partial charge in [0.2, 0.25) is 5.79 Å². The lowest BCUT2D eigenvalue weighted by atomic mass is 9.85. The van der Waals surface area contributed by atoms with Crippen LogP contribution in [0, 0.1) is 16.6 Å². The van der Waals surface area contributed by atoms with Gasteiger partial charge in [0.1, 0.15) is 5.82 Å².